The molecule has 0 bridgehead atoms. The van der Waals surface area contributed by atoms with Gasteiger partial charge in [-0.05, 0) is 62.9 Å². The Morgan fingerprint density at radius 2 is 2.09 bits per heavy atom. The largest absolute Gasteiger partial charge is 0.490 e. The van der Waals surface area contributed by atoms with Crippen molar-refractivity contribution >= 4 is 18.4 Å². The zero-order valence-corrected chi connectivity index (χ0v) is 14.3. The van der Waals surface area contributed by atoms with Gasteiger partial charge in [0.15, 0.2) is 11.6 Å². The Bertz CT molecular complexity index is 493. The fourth-order valence-electron chi connectivity index (χ4n) is 2.55. The van der Waals surface area contributed by atoms with Gasteiger partial charge in [0.25, 0.3) is 0 Å². The summed E-state index contributed by atoms with van der Waals surface area (Å²) >= 11 is 0. The van der Waals surface area contributed by atoms with Crippen LogP contribution in [0.2, 0.25) is 0 Å². The molecule has 0 aromatic heterocycles. The summed E-state index contributed by atoms with van der Waals surface area (Å²) in [7, 11) is 0. The normalized spacial score (nSPS) is 14.9. The number of carbonyl (C=O) groups excluding carboxylic acids is 1. The topological polar surface area (TPSA) is 47.6 Å². The highest BCUT2D eigenvalue weighted by atomic mass is 35.5. The molecule has 1 heterocycles. The summed E-state index contributed by atoms with van der Waals surface area (Å²) in [5.41, 5.74) is 0.778. The maximum Gasteiger partial charge on any atom is 0.306 e. The van der Waals surface area contributed by atoms with E-state index >= 15 is 0 Å². The second-order valence-electron chi connectivity index (χ2n) is 5.57. The van der Waals surface area contributed by atoms with Gasteiger partial charge in [0.1, 0.15) is 0 Å². The summed E-state index contributed by atoms with van der Waals surface area (Å²) in [6, 6.07) is 4.90. The minimum Gasteiger partial charge on any atom is -0.490 e. The molecule has 0 spiro atoms. The molecular formula is C17H25ClFNO3. The van der Waals surface area contributed by atoms with Gasteiger partial charge in [-0.1, -0.05) is 6.07 Å². The number of ether oxygens (including phenoxy) is 2. The highest BCUT2D eigenvalue weighted by Crippen LogP contribution is 2.21. The molecule has 1 fully saturated rings. The van der Waals surface area contributed by atoms with Crippen LogP contribution in [-0.4, -0.2) is 32.3 Å². The third-order valence-electron chi connectivity index (χ3n) is 3.85. The van der Waals surface area contributed by atoms with Crippen molar-refractivity contribution in [1.82, 2.24) is 5.32 Å². The smallest absolute Gasteiger partial charge is 0.306 e. The van der Waals surface area contributed by atoms with E-state index in [0.717, 1.165) is 31.5 Å². The van der Waals surface area contributed by atoms with Gasteiger partial charge in [0, 0.05) is 6.42 Å². The molecule has 4 nitrogen and oxygen atoms in total. The van der Waals surface area contributed by atoms with Crippen LogP contribution in [0.3, 0.4) is 0 Å². The van der Waals surface area contributed by atoms with Gasteiger partial charge in [-0.2, -0.15) is 0 Å². The number of aryl methyl sites for hydroxylation is 1. The molecule has 1 aromatic carbocycles. The SMILES string of the molecule is CCOC(=O)CCc1ccc(OCC2CCNCC2)c(F)c1.Cl. The molecule has 1 aliphatic heterocycles. The lowest BCUT2D eigenvalue weighted by atomic mass is 9.99. The van der Waals surface area contributed by atoms with Gasteiger partial charge < -0.3 is 14.8 Å². The number of benzene rings is 1. The first-order valence-corrected chi connectivity index (χ1v) is 7.96. The van der Waals surface area contributed by atoms with E-state index in [4.69, 9.17) is 9.47 Å². The second-order valence-corrected chi connectivity index (χ2v) is 5.57. The standard InChI is InChI=1S/C17H24FNO3.ClH/c1-2-21-17(20)6-4-13-3-5-16(15(18)11-13)22-12-14-7-9-19-10-8-14;/h3,5,11,14,19H,2,4,6-10,12H2,1H3;1H. The monoisotopic (exact) mass is 345 g/mol. The van der Waals surface area contributed by atoms with E-state index < -0.39 is 0 Å². The van der Waals surface area contributed by atoms with Crippen molar-refractivity contribution in [2.24, 2.45) is 5.92 Å². The second kappa shape index (κ2) is 10.4. The molecular weight excluding hydrogens is 321 g/mol. The number of carbonyl (C=O) groups is 1. The molecule has 1 aliphatic rings. The predicted octanol–water partition coefficient (Wildman–Crippen LogP) is 3.12. The molecule has 2 rings (SSSR count). The van der Waals surface area contributed by atoms with E-state index in [1.165, 1.54) is 6.07 Å². The fraction of sp³-hybridized carbons (Fsp3) is 0.588. The van der Waals surface area contributed by atoms with E-state index in [1.54, 1.807) is 19.1 Å². The van der Waals surface area contributed by atoms with Crippen LogP contribution >= 0.6 is 12.4 Å². The van der Waals surface area contributed by atoms with Crippen LogP contribution in [0.1, 0.15) is 31.7 Å². The van der Waals surface area contributed by atoms with Crippen LogP contribution in [0.15, 0.2) is 18.2 Å². The van der Waals surface area contributed by atoms with E-state index in [0.29, 0.717) is 31.3 Å². The lowest BCUT2D eigenvalue weighted by Gasteiger charge is -2.22. The molecule has 6 heteroatoms. The number of halogens is 2. The molecule has 0 aliphatic carbocycles. The summed E-state index contributed by atoms with van der Waals surface area (Å²) in [4.78, 5) is 11.3. The van der Waals surface area contributed by atoms with Crippen molar-refractivity contribution in [3.8, 4) is 5.75 Å². The Balaban J connectivity index is 0.00000264. The third-order valence-corrected chi connectivity index (χ3v) is 3.85. The Morgan fingerprint density at radius 1 is 1.35 bits per heavy atom. The number of esters is 1. The van der Waals surface area contributed by atoms with Crippen molar-refractivity contribution < 1.29 is 18.7 Å². The number of rotatable bonds is 7. The van der Waals surface area contributed by atoms with Crippen molar-refractivity contribution in [2.75, 3.05) is 26.3 Å². The summed E-state index contributed by atoms with van der Waals surface area (Å²) < 4.78 is 24.5. The van der Waals surface area contributed by atoms with Gasteiger partial charge in [-0.25, -0.2) is 4.39 Å². The Kier molecular flexibility index (Phi) is 8.95. The zero-order chi connectivity index (χ0) is 15.8. The van der Waals surface area contributed by atoms with E-state index in [9.17, 15) is 9.18 Å². The van der Waals surface area contributed by atoms with Gasteiger partial charge in [-0.3, -0.25) is 4.79 Å². The van der Waals surface area contributed by atoms with Gasteiger partial charge >= 0.3 is 5.97 Å². The Labute approximate surface area is 143 Å². The molecule has 1 saturated heterocycles. The summed E-state index contributed by atoms with van der Waals surface area (Å²) in [5, 5.41) is 3.30. The van der Waals surface area contributed by atoms with Gasteiger partial charge in [0.05, 0.1) is 13.2 Å². The van der Waals surface area contributed by atoms with Crippen molar-refractivity contribution in [3.05, 3.63) is 29.6 Å². The minimum atomic E-state index is -0.365. The van der Waals surface area contributed by atoms with E-state index in [2.05, 4.69) is 5.32 Å². The Morgan fingerprint density at radius 3 is 2.74 bits per heavy atom. The molecule has 0 radical (unpaired) electrons. The number of hydrogen-bond acceptors (Lipinski definition) is 4. The molecule has 0 unspecified atom stereocenters. The quantitative estimate of drug-likeness (QED) is 0.771. The van der Waals surface area contributed by atoms with Crippen molar-refractivity contribution in [2.45, 2.75) is 32.6 Å². The summed E-state index contributed by atoms with van der Waals surface area (Å²) in [6.07, 6.45) is 2.88. The Hall–Kier alpha value is -1.33. The molecule has 23 heavy (non-hydrogen) atoms. The molecule has 0 amide bonds. The van der Waals surface area contributed by atoms with E-state index in [-0.39, 0.29) is 30.6 Å². The van der Waals surface area contributed by atoms with E-state index in [1.807, 2.05) is 0 Å². The molecule has 0 saturated carbocycles. The highest BCUT2D eigenvalue weighted by Gasteiger charge is 2.15. The number of nitrogens with one attached hydrogen (secondary N) is 1. The first kappa shape index (κ1) is 19.7. The molecule has 0 atom stereocenters. The van der Waals surface area contributed by atoms with Crippen LogP contribution < -0.4 is 10.1 Å². The maximum absolute atomic E-state index is 14.0. The number of piperidine rings is 1. The van der Waals surface area contributed by atoms with Gasteiger partial charge in [-0.15, -0.1) is 12.4 Å². The average molecular weight is 346 g/mol. The third kappa shape index (κ3) is 6.75. The minimum absolute atomic E-state index is 0. The van der Waals surface area contributed by atoms with Crippen LogP contribution in [0.25, 0.3) is 0 Å². The average Bonchev–Trinajstić information content (AvgIpc) is 2.53. The fourth-order valence-corrected chi connectivity index (χ4v) is 2.55. The highest BCUT2D eigenvalue weighted by molar-refractivity contribution is 5.85. The number of hydrogen-bond donors (Lipinski definition) is 1. The van der Waals surface area contributed by atoms with Crippen molar-refractivity contribution in [3.63, 3.8) is 0 Å². The lowest BCUT2D eigenvalue weighted by Crippen LogP contribution is -2.30. The lowest BCUT2D eigenvalue weighted by molar-refractivity contribution is -0.143. The zero-order valence-electron chi connectivity index (χ0n) is 13.5. The van der Waals surface area contributed by atoms with Crippen LogP contribution in [-0.2, 0) is 16.0 Å². The molecule has 1 N–H and O–H groups in total. The first-order chi connectivity index (χ1) is 10.7. The van der Waals surface area contributed by atoms with Crippen LogP contribution in [0.4, 0.5) is 4.39 Å². The summed E-state index contributed by atoms with van der Waals surface area (Å²) in [5.74, 6) is 0.159. The molecule has 130 valence electrons. The van der Waals surface area contributed by atoms with Gasteiger partial charge in [0.2, 0.25) is 0 Å². The van der Waals surface area contributed by atoms with Crippen molar-refractivity contribution in [1.29, 1.82) is 0 Å². The molecule has 1 aromatic rings. The summed E-state index contributed by atoms with van der Waals surface area (Å²) in [6.45, 7) is 4.70. The first-order valence-electron chi connectivity index (χ1n) is 7.96. The maximum atomic E-state index is 14.0. The van der Waals surface area contributed by atoms with Crippen LogP contribution in [0, 0.1) is 11.7 Å². The predicted molar refractivity (Wildman–Crippen MR) is 89.7 cm³/mol. The van der Waals surface area contributed by atoms with Crippen LogP contribution in [0.5, 0.6) is 5.75 Å².